The van der Waals surface area contributed by atoms with Gasteiger partial charge in [-0.05, 0) is 50.4 Å². The molecule has 1 heterocycles. The van der Waals surface area contributed by atoms with Crippen molar-refractivity contribution in [1.82, 2.24) is 15.5 Å². The Hall–Kier alpha value is -0.770. The average Bonchev–Trinajstić information content (AvgIpc) is 3.12. The standard InChI is InChI=1S/C20H33ClN4O2.HI/c1-4-22-20(24-15-17-6-5-11-25(17)12-13-26-2)23-10-9-16-7-8-18(27-3)14-19(16)21;/h7-8,14,17H,4-6,9-13,15H2,1-3H3,(H2,22,23,24);1H. The van der Waals surface area contributed by atoms with Gasteiger partial charge in [-0.3, -0.25) is 9.89 Å². The van der Waals surface area contributed by atoms with Crippen LogP contribution in [0, 0.1) is 0 Å². The zero-order valence-electron chi connectivity index (χ0n) is 17.2. The molecule has 0 aromatic heterocycles. The van der Waals surface area contributed by atoms with E-state index in [2.05, 4.69) is 22.5 Å². The lowest BCUT2D eigenvalue weighted by atomic mass is 10.1. The minimum Gasteiger partial charge on any atom is -0.497 e. The van der Waals surface area contributed by atoms with Crippen LogP contribution in [-0.4, -0.2) is 70.5 Å². The van der Waals surface area contributed by atoms with E-state index in [0.29, 0.717) is 6.04 Å². The van der Waals surface area contributed by atoms with Crippen LogP contribution in [0.5, 0.6) is 5.75 Å². The first-order valence-electron chi connectivity index (χ1n) is 9.75. The first kappa shape index (κ1) is 25.3. The van der Waals surface area contributed by atoms with Crippen molar-refractivity contribution in [3.8, 4) is 5.75 Å². The van der Waals surface area contributed by atoms with Crippen molar-refractivity contribution in [2.24, 2.45) is 4.99 Å². The summed E-state index contributed by atoms with van der Waals surface area (Å²) in [5.74, 6) is 1.64. The number of aliphatic imine (C=N–C) groups is 1. The maximum atomic E-state index is 6.32. The van der Waals surface area contributed by atoms with Gasteiger partial charge >= 0.3 is 0 Å². The number of halogens is 2. The number of hydrogen-bond acceptors (Lipinski definition) is 4. The van der Waals surface area contributed by atoms with E-state index in [1.165, 1.54) is 12.8 Å². The molecular formula is C20H34ClIN4O2. The summed E-state index contributed by atoms with van der Waals surface area (Å²) in [4.78, 5) is 7.27. The number of likely N-dealkylation sites (tertiary alicyclic amines) is 1. The molecule has 0 bridgehead atoms. The Labute approximate surface area is 191 Å². The molecule has 0 amide bonds. The molecule has 1 aromatic rings. The largest absolute Gasteiger partial charge is 0.497 e. The molecule has 0 radical (unpaired) electrons. The number of nitrogens with one attached hydrogen (secondary N) is 2. The molecule has 0 spiro atoms. The fourth-order valence-corrected chi connectivity index (χ4v) is 3.58. The Morgan fingerprint density at radius 3 is 2.82 bits per heavy atom. The van der Waals surface area contributed by atoms with E-state index in [4.69, 9.17) is 26.1 Å². The highest BCUT2D eigenvalue weighted by molar-refractivity contribution is 14.0. The molecule has 1 aromatic carbocycles. The van der Waals surface area contributed by atoms with E-state index in [1.54, 1.807) is 14.2 Å². The molecule has 1 atom stereocenters. The minimum absolute atomic E-state index is 0. The summed E-state index contributed by atoms with van der Waals surface area (Å²) in [6, 6.07) is 6.31. The van der Waals surface area contributed by atoms with Crippen LogP contribution in [0.3, 0.4) is 0 Å². The molecule has 1 saturated heterocycles. The molecule has 160 valence electrons. The van der Waals surface area contributed by atoms with Gasteiger partial charge in [-0.1, -0.05) is 17.7 Å². The van der Waals surface area contributed by atoms with Crippen molar-refractivity contribution in [3.05, 3.63) is 28.8 Å². The normalized spacial score (nSPS) is 17.3. The third-order valence-electron chi connectivity index (χ3n) is 4.83. The Morgan fingerprint density at radius 1 is 1.32 bits per heavy atom. The van der Waals surface area contributed by atoms with Gasteiger partial charge in [0.2, 0.25) is 0 Å². The van der Waals surface area contributed by atoms with Gasteiger partial charge in [0.25, 0.3) is 0 Å². The van der Waals surface area contributed by atoms with E-state index >= 15 is 0 Å². The number of nitrogens with zero attached hydrogens (tertiary/aromatic N) is 2. The Balaban J connectivity index is 0.00000392. The van der Waals surface area contributed by atoms with E-state index in [0.717, 1.165) is 68.0 Å². The average molecular weight is 525 g/mol. The summed E-state index contributed by atoms with van der Waals surface area (Å²) in [7, 11) is 3.40. The van der Waals surface area contributed by atoms with Gasteiger partial charge < -0.3 is 20.1 Å². The van der Waals surface area contributed by atoms with E-state index in [-0.39, 0.29) is 24.0 Å². The fourth-order valence-electron chi connectivity index (χ4n) is 3.32. The maximum Gasteiger partial charge on any atom is 0.191 e. The number of methoxy groups -OCH3 is 2. The van der Waals surface area contributed by atoms with Crippen LogP contribution >= 0.6 is 35.6 Å². The number of ether oxygens (including phenoxy) is 2. The SMILES string of the molecule is CCNC(=NCC1CCCN1CCOC)NCCc1ccc(OC)cc1Cl.I. The summed E-state index contributed by atoms with van der Waals surface area (Å²) in [5, 5.41) is 7.47. The third-order valence-corrected chi connectivity index (χ3v) is 5.18. The first-order chi connectivity index (χ1) is 13.2. The van der Waals surface area contributed by atoms with Crippen LogP contribution in [0.2, 0.25) is 5.02 Å². The van der Waals surface area contributed by atoms with Crippen molar-refractivity contribution >= 4 is 41.5 Å². The summed E-state index contributed by atoms with van der Waals surface area (Å²) in [5.41, 5.74) is 1.10. The Morgan fingerprint density at radius 2 is 2.14 bits per heavy atom. The molecule has 1 aliphatic rings. The van der Waals surface area contributed by atoms with Gasteiger partial charge in [-0.2, -0.15) is 0 Å². The summed E-state index contributed by atoms with van der Waals surface area (Å²) < 4.78 is 10.4. The van der Waals surface area contributed by atoms with Crippen LogP contribution in [0.15, 0.2) is 23.2 Å². The maximum absolute atomic E-state index is 6.32. The molecular weight excluding hydrogens is 491 g/mol. The van der Waals surface area contributed by atoms with Crippen molar-refractivity contribution in [2.75, 3.05) is 53.6 Å². The van der Waals surface area contributed by atoms with Crippen molar-refractivity contribution in [2.45, 2.75) is 32.2 Å². The molecule has 1 aliphatic heterocycles. The molecule has 2 N–H and O–H groups in total. The van der Waals surface area contributed by atoms with E-state index in [1.807, 2.05) is 18.2 Å². The van der Waals surface area contributed by atoms with Crippen LogP contribution in [0.4, 0.5) is 0 Å². The summed E-state index contributed by atoms with van der Waals surface area (Å²) >= 11 is 6.32. The second-order valence-electron chi connectivity index (χ2n) is 6.68. The highest BCUT2D eigenvalue weighted by Gasteiger charge is 2.23. The second-order valence-corrected chi connectivity index (χ2v) is 7.09. The van der Waals surface area contributed by atoms with Gasteiger partial charge in [0.15, 0.2) is 5.96 Å². The van der Waals surface area contributed by atoms with Gasteiger partial charge in [-0.15, -0.1) is 24.0 Å². The van der Waals surface area contributed by atoms with Crippen molar-refractivity contribution in [1.29, 1.82) is 0 Å². The zero-order chi connectivity index (χ0) is 19.5. The second kappa shape index (κ2) is 14.3. The molecule has 6 nitrogen and oxygen atoms in total. The van der Waals surface area contributed by atoms with Crippen LogP contribution in [-0.2, 0) is 11.2 Å². The Kier molecular flexibility index (Phi) is 12.9. The highest BCUT2D eigenvalue weighted by atomic mass is 127. The quantitative estimate of drug-likeness (QED) is 0.280. The predicted molar refractivity (Wildman–Crippen MR) is 128 cm³/mol. The van der Waals surface area contributed by atoms with Crippen LogP contribution < -0.4 is 15.4 Å². The number of hydrogen-bond donors (Lipinski definition) is 2. The van der Waals surface area contributed by atoms with Gasteiger partial charge in [0, 0.05) is 37.8 Å². The van der Waals surface area contributed by atoms with Gasteiger partial charge in [-0.25, -0.2) is 0 Å². The summed E-state index contributed by atoms with van der Waals surface area (Å²) in [6.07, 6.45) is 3.27. The van der Waals surface area contributed by atoms with Crippen LogP contribution in [0.1, 0.15) is 25.3 Å². The Bertz CT molecular complexity index is 604. The zero-order valence-corrected chi connectivity index (χ0v) is 20.3. The van der Waals surface area contributed by atoms with Gasteiger partial charge in [0.05, 0.1) is 20.3 Å². The van der Waals surface area contributed by atoms with E-state index < -0.39 is 0 Å². The lowest BCUT2D eigenvalue weighted by Gasteiger charge is -2.23. The lowest BCUT2D eigenvalue weighted by Crippen LogP contribution is -2.40. The van der Waals surface area contributed by atoms with Crippen molar-refractivity contribution in [3.63, 3.8) is 0 Å². The third kappa shape index (κ3) is 8.31. The molecule has 28 heavy (non-hydrogen) atoms. The lowest BCUT2D eigenvalue weighted by molar-refractivity contribution is 0.142. The van der Waals surface area contributed by atoms with Crippen LogP contribution in [0.25, 0.3) is 0 Å². The van der Waals surface area contributed by atoms with Gasteiger partial charge in [0.1, 0.15) is 5.75 Å². The number of guanidine groups is 1. The molecule has 1 unspecified atom stereocenters. The highest BCUT2D eigenvalue weighted by Crippen LogP contribution is 2.22. The molecule has 0 saturated carbocycles. The monoisotopic (exact) mass is 524 g/mol. The minimum atomic E-state index is 0. The smallest absolute Gasteiger partial charge is 0.191 e. The fraction of sp³-hybridized carbons (Fsp3) is 0.650. The van der Waals surface area contributed by atoms with Crippen molar-refractivity contribution < 1.29 is 9.47 Å². The number of benzene rings is 1. The molecule has 2 rings (SSSR count). The number of rotatable bonds is 10. The molecule has 0 aliphatic carbocycles. The first-order valence-corrected chi connectivity index (χ1v) is 10.1. The molecule has 1 fully saturated rings. The predicted octanol–water partition coefficient (Wildman–Crippen LogP) is 3.18. The summed E-state index contributed by atoms with van der Waals surface area (Å²) in [6.45, 7) is 7.41. The topological polar surface area (TPSA) is 58.1 Å². The molecule has 8 heteroatoms. The van der Waals surface area contributed by atoms with E-state index in [9.17, 15) is 0 Å².